The van der Waals surface area contributed by atoms with Gasteiger partial charge in [0.15, 0.2) is 0 Å². The summed E-state index contributed by atoms with van der Waals surface area (Å²) in [5.41, 5.74) is -0.362. The van der Waals surface area contributed by atoms with E-state index in [1.807, 2.05) is 24.3 Å². The zero-order valence-corrected chi connectivity index (χ0v) is 20.7. The van der Waals surface area contributed by atoms with E-state index in [0.29, 0.717) is 37.5 Å². The quantitative estimate of drug-likeness (QED) is 0.653. The minimum Gasteiger partial charge on any atom is -0.358 e. The Labute approximate surface area is 201 Å². The summed E-state index contributed by atoms with van der Waals surface area (Å²) in [6.07, 6.45) is 4.00. The molecule has 1 amide bonds. The van der Waals surface area contributed by atoms with Gasteiger partial charge in [0.25, 0.3) is 0 Å². The molecular weight excluding hydrogens is 428 g/mol. The molecular formula is C26H36N6O2. The van der Waals surface area contributed by atoms with Gasteiger partial charge in [-0.15, -0.1) is 0 Å². The van der Waals surface area contributed by atoms with Gasteiger partial charge in [-0.05, 0) is 75.7 Å². The third kappa shape index (κ3) is 5.58. The monoisotopic (exact) mass is 464 g/mol. The van der Waals surface area contributed by atoms with Gasteiger partial charge in [-0.3, -0.25) is 9.36 Å². The highest BCUT2D eigenvalue weighted by molar-refractivity contribution is 5.92. The number of likely N-dealkylation sites (tertiary alicyclic amines) is 1. The normalized spacial score (nSPS) is 19.4. The first-order chi connectivity index (χ1) is 16.1. The average molecular weight is 465 g/mol. The molecule has 0 spiro atoms. The lowest BCUT2D eigenvalue weighted by molar-refractivity contribution is -0.123. The zero-order valence-electron chi connectivity index (χ0n) is 20.7. The lowest BCUT2D eigenvalue weighted by Gasteiger charge is -2.30. The maximum absolute atomic E-state index is 13.2. The molecule has 1 atom stereocenters. The highest BCUT2D eigenvalue weighted by Crippen LogP contribution is 2.35. The Morgan fingerprint density at radius 2 is 1.94 bits per heavy atom. The van der Waals surface area contributed by atoms with Gasteiger partial charge in [0.2, 0.25) is 5.91 Å². The second-order valence-corrected chi connectivity index (χ2v) is 11.3. The molecule has 4 rings (SSSR count). The Morgan fingerprint density at radius 1 is 1.26 bits per heavy atom. The van der Waals surface area contributed by atoms with Crippen LogP contribution in [-0.2, 0) is 11.3 Å². The summed E-state index contributed by atoms with van der Waals surface area (Å²) in [5, 5.41) is 16.4. The molecule has 2 aromatic rings. The van der Waals surface area contributed by atoms with Gasteiger partial charge in [0.1, 0.15) is 17.4 Å². The number of nitrogens with zero attached hydrogens (tertiary/aromatic N) is 4. The van der Waals surface area contributed by atoms with Crippen LogP contribution in [0, 0.1) is 22.7 Å². The minimum atomic E-state index is -0.748. The van der Waals surface area contributed by atoms with Crippen molar-refractivity contribution in [1.29, 1.82) is 5.26 Å². The molecule has 34 heavy (non-hydrogen) atoms. The molecule has 2 fully saturated rings. The summed E-state index contributed by atoms with van der Waals surface area (Å²) in [6, 6.07) is 9.36. The molecule has 182 valence electrons. The Bertz CT molecular complexity index is 1150. The van der Waals surface area contributed by atoms with E-state index in [4.69, 9.17) is 0 Å². The van der Waals surface area contributed by atoms with Crippen molar-refractivity contribution in [2.75, 3.05) is 25.5 Å². The summed E-state index contributed by atoms with van der Waals surface area (Å²) in [7, 11) is 2.13. The molecule has 1 unspecified atom stereocenters. The molecule has 0 radical (unpaired) electrons. The molecule has 1 saturated heterocycles. The number of hydrogen-bond acceptors (Lipinski definition) is 6. The number of aromatic nitrogens is 2. The topological polar surface area (TPSA) is 103 Å². The van der Waals surface area contributed by atoms with Crippen LogP contribution in [0.1, 0.15) is 52.9 Å². The van der Waals surface area contributed by atoms with Crippen LogP contribution in [0.15, 0.2) is 29.1 Å². The molecule has 1 saturated carbocycles. The van der Waals surface area contributed by atoms with Gasteiger partial charge < -0.3 is 15.5 Å². The predicted molar refractivity (Wildman–Crippen MR) is 133 cm³/mol. The molecule has 8 nitrogen and oxygen atoms in total. The lowest BCUT2D eigenvalue weighted by atomic mass is 9.87. The van der Waals surface area contributed by atoms with Crippen LogP contribution < -0.4 is 16.3 Å². The molecule has 1 aliphatic carbocycles. The highest BCUT2D eigenvalue weighted by Gasteiger charge is 2.46. The number of fused-ring (bicyclic) bond motifs is 1. The first kappa shape index (κ1) is 24.2. The van der Waals surface area contributed by atoms with E-state index in [1.54, 1.807) is 4.57 Å². The number of anilines is 1. The third-order valence-corrected chi connectivity index (χ3v) is 6.94. The SMILES string of the molecule is CN1CCC(Cn2c(=O)nc(NC(CC(C)(C)C)C(=O)NC3(C#N)CC3)c3ccccc32)CC1. The molecule has 1 aromatic carbocycles. The van der Waals surface area contributed by atoms with E-state index < -0.39 is 11.6 Å². The van der Waals surface area contributed by atoms with Crippen LogP contribution in [0.25, 0.3) is 10.9 Å². The number of nitriles is 1. The largest absolute Gasteiger partial charge is 0.358 e. The van der Waals surface area contributed by atoms with Gasteiger partial charge in [-0.1, -0.05) is 32.9 Å². The van der Waals surface area contributed by atoms with Crippen molar-refractivity contribution in [2.24, 2.45) is 11.3 Å². The average Bonchev–Trinajstić information content (AvgIpc) is 3.56. The van der Waals surface area contributed by atoms with Gasteiger partial charge in [0.05, 0.1) is 11.6 Å². The number of piperidine rings is 1. The van der Waals surface area contributed by atoms with Crippen molar-refractivity contribution >= 4 is 22.6 Å². The molecule has 2 N–H and O–H groups in total. The number of nitrogens with one attached hydrogen (secondary N) is 2. The number of para-hydroxylation sites is 1. The van der Waals surface area contributed by atoms with Crippen molar-refractivity contribution in [2.45, 2.75) is 71.0 Å². The van der Waals surface area contributed by atoms with E-state index in [9.17, 15) is 14.9 Å². The Hall–Kier alpha value is -2.92. The summed E-state index contributed by atoms with van der Waals surface area (Å²) < 4.78 is 1.78. The first-order valence-electron chi connectivity index (χ1n) is 12.3. The highest BCUT2D eigenvalue weighted by atomic mass is 16.2. The summed E-state index contributed by atoms with van der Waals surface area (Å²) in [4.78, 5) is 33.1. The van der Waals surface area contributed by atoms with Crippen molar-refractivity contribution in [1.82, 2.24) is 19.8 Å². The Balaban J connectivity index is 1.64. The van der Waals surface area contributed by atoms with E-state index >= 15 is 0 Å². The molecule has 0 bridgehead atoms. The van der Waals surface area contributed by atoms with Crippen LogP contribution in [0.2, 0.25) is 0 Å². The van der Waals surface area contributed by atoms with E-state index in [2.05, 4.69) is 54.4 Å². The zero-order chi connectivity index (χ0) is 24.5. The van der Waals surface area contributed by atoms with Crippen molar-refractivity contribution in [3.05, 3.63) is 34.7 Å². The summed E-state index contributed by atoms with van der Waals surface area (Å²) in [5.74, 6) is 0.639. The molecule has 8 heteroatoms. The number of carbonyl (C=O) groups is 1. The number of rotatable bonds is 7. The van der Waals surface area contributed by atoms with Crippen LogP contribution >= 0.6 is 0 Å². The fraction of sp³-hybridized carbons (Fsp3) is 0.615. The Kier molecular flexibility index (Phi) is 6.68. The minimum absolute atomic E-state index is 0.142. The molecule has 1 aromatic heterocycles. The molecule has 2 heterocycles. The fourth-order valence-electron chi connectivity index (χ4n) is 4.72. The van der Waals surface area contributed by atoms with Crippen molar-refractivity contribution in [3.8, 4) is 6.07 Å². The number of carbonyl (C=O) groups excluding carboxylic acids is 1. The van der Waals surface area contributed by atoms with Crippen LogP contribution in [0.3, 0.4) is 0 Å². The van der Waals surface area contributed by atoms with E-state index in [0.717, 1.165) is 36.8 Å². The molecule has 1 aliphatic heterocycles. The number of benzene rings is 1. The van der Waals surface area contributed by atoms with Gasteiger partial charge >= 0.3 is 5.69 Å². The standard InChI is InChI=1S/C26H36N6O2/c1-25(2,3)15-20(23(33)30-26(17-27)11-12-26)28-22-19-7-5-6-8-21(19)32(24(34)29-22)16-18-9-13-31(4)14-10-18/h5-8,18,20H,9-16H2,1-4H3,(H,30,33)(H,28,29,34). The number of amides is 1. The number of hydrogen-bond donors (Lipinski definition) is 2. The van der Waals surface area contributed by atoms with Gasteiger partial charge in [-0.25, -0.2) is 4.79 Å². The summed E-state index contributed by atoms with van der Waals surface area (Å²) >= 11 is 0. The molecule has 2 aliphatic rings. The fourth-order valence-corrected chi connectivity index (χ4v) is 4.72. The van der Waals surface area contributed by atoms with E-state index in [-0.39, 0.29) is 17.0 Å². The lowest BCUT2D eigenvalue weighted by Crippen LogP contribution is -2.47. The van der Waals surface area contributed by atoms with Crippen LogP contribution in [0.5, 0.6) is 0 Å². The first-order valence-corrected chi connectivity index (χ1v) is 12.3. The van der Waals surface area contributed by atoms with E-state index in [1.165, 1.54) is 0 Å². The van der Waals surface area contributed by atoms with Crippen molar-refractivity contribution < 1.29 is 4.79 Å². The second-order valence-electron chi connectivity index (χ2n) is 11.3. The second kappa shape index (κ2) is 9.38. The predicted octanol–water partition coefficient (Wildman–Crippen LogP) is 3.13. The summed E-state index contributed by atoms with van der Waals surface area (Å²) in [6.45, 7) is 8.93. The van der Waals surface area contributed by atoms with Crippen LogP contribution in [-0.4, -0.2) is 52.1 Å². The van der Waals surface area contributed by atoms with Crippen molar-refractivity contribution in [3.63, 3.8) is 0 Å². The smallest absolute Gasteiger partial charge is 0.350 e. The van der Waals surface area contributed by atoms with Crippen LogP contribution in [0.4, 0.5) is 5.82 Å². The maximum Gasteiger partial charge on any atom is 0.350 e. The maximum atomic E-state index is 13.2. The van der Waals surface area contributed by atoms with Gasteiger partial charge in [-0.2, -0.15) is 10.2 Å². The third-order valence-electron chi connectivity index (χ3n) is 6.94. The van der Waals surface area contributed by atoms with Gasteiger partial charge in [0, 0.05) is 11.9 Å². The Morgan fingerprint density at radius 3 is 2.56 bits per heavy atom.